The van der Waals surface area contributed by atoms with Crippen LogP contribution in [0.5, 0.6) is 17.2 Å². The maximum Gasteiger partial charge on any atom is 0.127 e. The summed E-state index contributed by atoms with van der Waals surface area (Å²) in [6.07, 6.45) is 0.228. The molecule has 1 aromatic carbocycles. The lowest BCUT2D eigenvalue weighted by molar-refractivity contribution is 0.274. The van der Waals surface area contributed by atoms with E-state index < -0.39 is 6.04 Å². The number of benzene rings is 1. The van der Waals surface area contributed by atoms with E-state index in [9.17, 15) is 10.2 Å². The van der Waals surface area contributed by atoms with Gasteiger partial charge in [-0.05, 0) is 6.42 Å². The van der Waals surface area contributed by atoms with Gasteiger partial charge in [-0.25, -0.2) is 0 Å². The quantitative estimate of drug-likeness (QED) is 0.528. The van der Waals surface area contributed by atoms with E-state index in [-0.39, 0.29) is 48.2 Å². The summed E-state index contributed by atoms with van der Waals surface area (Å²) in [5, 5.41) is 36.4. The van der Waals surface area contributed by atoms with Crippen LogP contribution in [0.4, 0.5) is 0 Å². The molecule has 0 amide bonds. The number of phenols is 3. The lowest BCUT2D eigenvalue weighted by Crippen LogP contribution is -2.12. The number of hydrogen-bond donors (Lipinski definition) is 5. The van der Waals surface area contributed by atoms with Crippen molar-refractivity contribution in [3.05, 3.63) is 17.7 Å². The molecule has 6 N–H and O–H groups in total. The molecule has 0 bridgehead atoms. The maximum atomic E-state index is 9.39. The first-order valence-corrected chi connectivity index (χ1v) is 4.17. The van der Waals surface area contributed by atoms with E-state index in [1.807, 2.05) is 0 Å². The average Bonchev–Trinajstić information content (AvgIpc) is 2.01. The summed E-state index contributed by atoms with van der Waals surface area (Å²) in [7, 11) is 0. The van der Waals surface area contributed by atoms with Crippen LogP contribution in [0.2, 0.25) is 0 Å². The number of rotatable bonds is 3. The summed E-state index contributed by atoms with van der Waals surface area (Å²) in [4.78, 5) is 0. The molecule has 0 fully saturated rings. The number of nitrogens with two attached hydrogens (primary N) is 1. The zero-order chi connectivity index (χ0) is 10.7. The normalized spacial score (nSPS) is 11.9. The molecular formula is C9H14ClNO4. The van der Waals surface area contributed by atoms with Crippen molar-refractivity contribution in [3.8, 4) is 17.2 Å². The average molecular weight is 236 g/mol. The molecule has 0 aliphatic carbocycles. The van der Waals surface area contributed by atoms with Crippen LogP contribution in [0.3, 0.4) is 0 Å². The van der Waals surface area contributed by atoms with Crippen LogP contribution in [-0.4, -0.2) is 27.0 Å². The second kappa shape index (κ2) is 5.65. The second-order valence-corrected chi connectivity index (χ2v) is 3.02. The molecule has 0 unspecified atom stereocenters. The third-order valence-corrected chi connectivity index (χ3v) is 1.93. The van der Waals surface area contributed by atoms with Crippen molar-refractivity contribution < 1.29 is 20.4 Å². The van der Waals surface area contributed by atoms with Crippen LogP contribution >= 0.6 is 12.4 Å². The minimum absolute atomic E-state index is 0. The highest BCUT2D eigenvalue weighted by atomic mass is 35.5. The van der Waals surface area contributed by atoms with Gasteiger partial charge < -0.3 is 26.2 Å². The Morgan fingerprint density at radius 2 is 1.60 bits per heavy atom. The Morgan fingerprint density at radius 1 is 1.13 bits per heavy atom. The van der Waals surface area contributed by atoms with Crippen LogP contribution in [0.25, 0.3) is 0 Å². The summed E-state index contributed by atoms with van der Waals surface area (Å²) in [5.74, 6) is -0.785. The van der Waals surface area contributed by atoms with E-state index in [0.29, 0.717) is 0 Å². The third kappa shape index (κ3) is 3.16. The van der Waals surface area contributed by atoms with E-state index >= 15 is 0 Å². The second-order valence-electron chi connectivity index (χ2n) is 3.02. The Labute approximate surface area is 93.2 Å². The van der Waals surface area contributed by atoms with E-state index in [2.05, 4.69) is 0 Å². The number of aliphatic hydroxyl groups is 1. The first-order valence-electron chi connectivity index (χ1n) is 4.17. The van der Waals surface area contributed by atoms with Crippen LogP contribution in [0.1, 0.15) is 18.0 Å². The van der Waals surface area contributed by atoms with Crippen molar-refractivity contribution in [1.82, 2.24) is 0 Å². The predicted octanol–water partition coefficient (Wildman–Crippen LogP) is 0.607. The number of halogens is 1. The summed E-state index contributed by atoms with van der Waals surface area (Å²) < 4.78 is 0. The molecule has 0 heterocycles. The number of aliphatic hydroxyl groups excluding tert-OH is 1. The molecule has 1 atom stereocenters. The Balaban J connectivity index is 0.00000196. The third-order valence-electron chi connectivity index (χ3n) is 1.93. The van der Waals surface area contributed by atoms with Crippen molar-refractivity contribution in [2.75, 3.05) is 6.61 Å². The topological polar surface area (TPSA) is 107 Å². The molecule has 1 aromatic rings. The standard InChI is InChI=1S/C9H13NO4.ClH/c10-6(1-2-11)9-7(13)3-5(12)4-8(9)14;/h3-4,6,11-14H,1-2,10H2;1H/t6-;/m0./s1. The van der Waals surface area contributed by atoms with E-state index in [1.54, 1.807) is 0 Å². The molecule has 1 rings (SSSR count). The van der Waals surface area contributed by atoms with Crippen molar-refractivity contribution in [2.45, 2.75) is 12.5 Å². The highest BCUT2D eigenvalue weighted by Crippen LogP contribution is 2.36. The molecular weight excluding hydrogens is 222 g/mol. The first-order chi connectivity index (χ1) is 6.56. The van der Waals surface area contributed by atoms with Gasteiger partial charge in [-0.3, -0.25) is 0 Å². The van der Waals surface area contributed by atoms with Crippen LogP contribution in [-0.2, 0) is 0 Å². The first kappa shape index (κ1) is 13.8. The van der Waals surface area contributed by atoms with Crippen molar-refractivity contribution in [2.24, 2.45) is 5.73 Å². The number of phenolic OH excluding ortho intramolecular Hbond substituents is 3. The summed E-state index contributed by atoms with van der Waals surface area (Å²) in [6, 6.07) is 1.53. The maximum absolute atomic E-state index is 9.39. The minimum atomic E-state index is -0.652. The van der Waals surface area contributed by atoms with Gasteiger partial charge in [0, 0.05) is 24.8 Å². The van der Waals surface area contributed by atoms with Gasteiger partial charge in [0.1, 0.15) is 17.2 Å². The largest absolute Gasteiger partial charge is 0.508 e. The zero-order valence-electron chi connectivity index (χ0n) is 7.92. The molecule has 86 valence electrons. The Bertz CT molecular complexity index is 309. The van der Waals surface area contributed by atoms with Crippen molar-refractivity contribution in [1.29, 1.82) is 0 Å². The molecule has 0 spiro atoms. The van der Waals surface area contributed by atoms with Gasteiger partial charge in [-0.2, -0.15) is 0 Å². The van der Waals surface area contributed by atoms with Crippen molar-refractivity contribution in [3.63, 3.8) is 0 Å². The van der Waals surface area contributed by atoms with Gasteiger partial charge >= 0.3 is 0 Å². The number of hydrogen-bond acceptors (Lipinski definition) is 5. The van der Waals surface area contributed by atoms with Gasteiger partial charge in [0.05, 0.1) is 5.56 Å². The lowest BCUT2D eigenvalue weighted by atomic mass is 10.0. The molecule has 0 saturated heterocycles. The van der Waals surface area contributed by atoms with E-state index in [1.165, 1.54) is 0 Å². The summed E-state index contributed by atoms with van der Waals surface area (Å²) in [6.45, 7) is -0.138. The fourth-order valence-electron chi connectivity index (χ4n) is 1.27. The molecule has 6 heteroatoms. The zero-order valence-corrected chi connectivity index (χ0v) is 8.74. The minimum Gasteiger partial charge on any atom is -0.508 e. The van der Waals surface area contributed by atoms with Gasteiger partial charge in [0.25, 0.3) is 0 Å². The van der Waals surface area contributed by atoms with Gasteiger partial charge in [-0.15, -0.1) is 12.4 Å². The smallest absolute Gasteiger partial charge is 0.127 e. The van der Waals surface area contributed by atoms with E-state index in [4.69, 9.17) is 15.9 Å². The van der Waals surface area contributed by atoms with Gasteiger partial charge in [0.2, 0.25) is 0 Å². The molecule has 0 radical (unpaired) electrons. The van der Waals surface area contributed by atoms with Gasteiger partial charge in [-0.1, -0.05) is 0 Å². The highest BCUT2D eigenvalue weighted by Gasteiger charge is 2.16. The molecule has 0 aliphatic heterocycles. The summed E-state index contributed by atoms with van der Waals surface area (Å²) >= 11 is 0. The Hall–Kier alpha value is -1.17. The molecule has 0 saturated carbocycles. The SMILES string of the molecule is Cl.N[C@@H](CCO)c1c(O)cc(O)cc1O. The summed E-state index contributed by atoms with van der Waals surface area (Å²) in [5.41, 5.74) is 5.73. The highest BCUT2D eigenvalue weighted by molar-refractivity contribution is 5.85. The lowest BCUT2D eigenvalue weighted by Gasteiger charge is -2.14. The fraction of sp³-hybridized carbons (Fsp3) is 0.333. The monoisotopic (exact) mass is 235 g/mol. The number of aromatic hydroxyl groups is 3. The van der Waals surface area contributed by atoms with E-state index in [0.717, 1.165) is 12.1 Å². The van der Waals surface area contributed by atoms with Crippen LogP contribution in [0, 0.1) is 0 Å². The van der Waals surface area contributed by atoms with Crippen LogP contribution < -0.4 is 5.73 Å². The fourth-order valence-corrected chi connectivity index (χ4v) is 1.27. The predicted molar refractivity (Wildman–Crippen MR) is 57.3 cm³/mol. The molecule has 5 nitrogen and oxygen atoms in total. The Kier molecular flexibility index (Phi) is 5.21. The molecule has 0 aromatic heterocycles. The van der Waals surface area contributed by atoms with Gasteiger partial charge in [0.15, 0.2) is 0 Å². The molecule has 0 aliphatic rings. The van der Waals surface area contributed by atoms with Crippen LogP contribution in [0.15, 0.2) is 12.1 Å². The van der Waals surface area contributed by atoms with Crippen molar-refractivity contribution >= 4 is 12.4 Å². The molecule has 15 heavy (non-hydrogen) atoms. The Morgan fingerprint density at radius 3 is 2.00 bits per heavy atom.